The predicted octanol–water partition coefficient (Wildman–Crippen LogP) is 4.22. The first-order valence-electron chi connectivity index (χ1n) is 6.15. The molecule has 1 aromatic heterocycles. The van der Waals surface area contributed by atoms with E-state index in [4.69, 9.17) is 4.74 Å². The normalized spacial score (nSPS) is 13.2. The summed E-state index contributed by atoms with van der Waals surface area (Å²) in [4.78, 5) is 1.35. The molecule has 1 atom stereocenters. The van der Waals surface area contributed by atoms with E-state index in [-0.39, 0.29) is 0 Å². The fraction of sp³-hybridized carbons (Fsp3) is 0.692. The van der Waals surface area contributed by atoms with Crippen molar-refractivity contribution in [2.24, 2.45) is 5.92 Å². The number of hydrogen-bond donors (Lipinski definition) is 1. The van der Waals surface area contributed by atoms with E-state index in [1.54, 1.807) is 11.3 Å². The number of halogens is 1. The molecule has 1 aromatic rings. The summed E-state index contributed by atoms with van der Waals surface area (Å²) < 4.78 is 6.77. The third-order valence-electron chi connectivity index (χ3n) is 2.57. The lowest BCUT2D eigenvalue weighted by atomic mass is 10.1. The van der Waals surface area contributed by atoms with Crippen LogP contribution in [-0.4, -0.2) is 19.8 Å². The van der Waals surface area contributed by atoms with E-state index in [9.17, 15) is 0 Å². The van der Waals surface area contributed by atoms with Crippen LogP contribution in [0.3, 0.4) is 0 Å². The van der Waals surface area contributed by atoms with Gasteiger partial charge in [0.15, 0.2) is 0 Å². The van der Waals surface area contributed by atoms with Gasteiger partial charge >= 0.3 is 0 Å². The van der Waals surface area contributed by atoms with Gasteiger partial charge in [0, 0.05) is 28.5 Å². The van der Waals surface area contributed by atoms with Crippen LogP contribution in [0.15, 0.2) is 15.9 Å². The van der Waals surface area contributed by atoms with Gasteiger partial charge in [-0.25, -0.2) is 0 Å². The summed E-state index contributed by atoms with van der Waals surface area (Å²) in [6.07, 6.45) is 1.14. The molecule has 0 amide bonds. The molecule has 0 radical (unpaired) electrons. The molecule has 0 saturated heterocycles. The van der Waals surface area contributed by atoms with Crippen molar-refractivity contribution in [2.75, 3.05) is 19.8 Å². The summed E-state index contributed by atoms with van der Waals surface area (Å²) in [7, 11) is 0. The maximum atomic E-state index is 5.57. The molecular weight excluding hydrogens is 298 g/mol. The molecule has 0 aliphatic heterocycles. The van der Waals surface area contributed by atoms with Crippen LogP contribution in [0.25, 0.3) is 0 Å². The molecule has 0 spiro atoms. The van der Waals surface area contributed by atoms with Crippen molar-refractivity contribution in [1.29, 1.82) is 0 Å². The first-order valence-corrected chi connectivity index (χ1v) is 7.82. The summed E-state index contributed by atoms with van der Waals surface area (Å²) in [5, 5.41) is 5.58. The molecular formula is C13H22BrNOS. The Morgan fingerprint density at radius 1 is 1.35 bits per heavy atom. The molecule has 1 rings (SSSR count). The van der Waals surface area contributed by atoms with Gasteiger partial charge in [-0.15, -0.1) is 11.3 Å². The Balaban J connectivity index is 2.09. The molecule has 0 aliphatic carbocycles. The highest BCUT2D eigenvalue weighted by atomic mass is 79.9. The Morgan fingerprint density at radius 3 is 2.71 bits per heavy atom. The summed E-state index contributed by atoms with van der Waals surface area (Å²) in [5.74, 6) is 0.726. The molecule has 1 N–H and O–H groups in total. The predicted molar refractivity (Wildman–Crippen MR) is 78.7 cm³/mol. The fourth-order valence-electron chi connectivity index (χ4n) is 1.48. The second kappa shape index (κ2) is 8.25. The molecule has 17 heavy (non-hydrogen) atoms. The van der Waals surface area contributed by atoms with Gasteiger partial charge in [0.1, 0.15) is 0 Å². The van der Waals surface area contributed by atoms with Crippen LogP contribution in [-0.2, 0) is 4.74 Å². The largest absolute Gasteiger partial charge is 0.380 e. The standard InChI is InChI=1S/C13H22BrNOS/c1-10(2)4-7-16-8-6-15-11(3)13-12(14)5-9-17-13/h5,9-11,15H,4,6-8H2,1-3H3. The number of nitrogens with one attached hydrogen (secondary N) is 1. The van der Waals surface area contributed by atoms with Gasteiger partial charge < -0.3 is 10.1 Å². The molecule has 0 bridgehead atoms. The number of hydrogen-bond acceptors (Lipinski definition) is 3. The molecule has 4 heteroatoms. The Morgan fingerprint density at radius 2 is 2.12 bits per heavy atom. The Bertz CT molecular complexity index is 314. The van der Waals surface area contributed by atoms with Crippen LogP contribution in [0.1, 0.15) is 38.1 Å². The molecule has 1 unspecified atom stereocenters. The van der Waals surface area contributed by atoms with Crippen LogP contribution in [0.2, 0.25) is 0 Å². The highest BCUT2D eigenvalue weighted by Crippen LogP contribution is 2.28. The van der Waals surface area contributed by atoms with Gasteiger partial charge in [-0.3, -0.25) is 0 Å². The van der Waals surface area contributed by atoms with E-state index in [0.717, 1.165) is 32.1 Å². The van der Waals surface area contributed by atoms with Crippen molar-refractivity contribution in [2.45, 2.75) is 33.2 Å². The Hall–Kier alpha value is 0.100. The summed E-state index contributed by atoms with van der Waals surface area (Å²) in [6.45, 7) is 9.20. The van der Waals surface area contributed by atoms with E-state index in [2.05, 4.69) is 53.5 Å². The van der Waals surface area contributed by atoms with E-state index < -0.39 is 0 Å². The molecule has 2 nitrogen and oxygen atoms in total. The smallest absolute Gasteiger partial charge is 0.0591 e. The van der Waals surface area contributed by atoms with Crippen molar-refractivity contribution >= 4 is 27.3 Å². The zero-order valence-electron chi connectivity index (χ0n) is 10.8. The maximum Gasteiger partial charge on any atom is 0.0591 e. The lowest BCUT2D eigenvalue weighted by molar-refractivity contribution is 0.124. The molecule has 0 saturated carbocycles. The zero-order chi connectivity index (χ0) is 12.7. The van der Waals surface area contributed by atoms with Gasteiger partial charge in [0.05, 0.1) is 6.61 Å². The van der Waals surface area contributed by atoms with Crippen LogP contribution in [0.5, 0.6) is 0 Å². The summed E-state index contributed by atoms with van der Waals surface area (Å²) in [5.41, 5.74) is 0. The minimum absolute atomic E-state index is 0.387. The number of ether oxygens (including phenoxy) is 1. The average molecular weight is 320 g/mol. The van der Waals surface area contributed by atoms with Gasteiger partial charge in [0.25, 0.3) is 0 Å². The average Bonchev–Trinajstić information content (AvgIpc) is 2.69. The van der Waals surface area contributed by atoms with E-state index >= 15 is 0 Å². The van der Waals surface area contributed by atoms with Crippen molar-refractivity contribution in [3.8, 4) is 0 Å². The molecule has 1 heterocycles. The molecule has 0 aliphatic rings. The lowest BCUT2D eigenvalue weighted by Crippen LogP contribution is -2.23. The molecule has 0 aromatic carbocycles. The van der Waals surface area contributed by atoms with Crippen LogP contribution < -0.4 is 5.32 Å². The van der Waals surface area contributed by atoms with Crippen LogP contribution in [0, 0.1) is 5.92 Å². The third kappa shape index (κ3) is 6.00. The van der Waals surface area contributed by atoms with E-state index in [1.807, 2.05) is 0 Å². The first-order chi connectivity index (χ1) is 8.11. The minimum atomic E-state index is 0.387. The zero-order valence-corrected chi connectivity index (χ0v) is 13.2. The van der Waals surface area contributed by atoms with Crippen molar-refractivity contribution in [1.82, 2.24) is 5.32 Å². The number of thiophene rings is 1. The highest BCUT2D eigenvalue weighted by molar-refractivity contribution is 9.10. The second-order valence-corrected chi connectivity index (χ2v) is 6.41. The SMILES string of the molecule is CC(C)CCOCCNC(C)c1sccc1Br. The van der Waals surface area contributed by atoms with Gasteiger partial charge in [-0.05, 0) is 46.6 Å². The highest BCUT2D eigenvalue weighted by Gasteiger charge is 2.09. The quantitative estimate of drug-likeness (QED) is 0.724. The third-order valence-corrected chi connectivity index (χ3v) is 4.63. The van der Waals surface area contributed by atoms with Gasteiger partial charge in [0.2, 0.25) is 0 Å². The van der Waals surface area contributed by atoms with E-state index in [0.29, 0.717) is 6.04 Å². The van der Waals surface area contributed by atoms with Crippen molar-refractivity contribution < 1.29 is 4.74 Å². The first kappa shape index (κ1) is 15.2. The van der Waals surface area contributed by atoms with Gasteiger partial charge in [-0.1, -0.05) is 13.8 Å². The van der Waals surface area contributed by atoms with Crippen LogP contribution in [0.4, 0.5) is 0 Å². The Kier molecular flexibility index (Phi) is 7.35. The van der Waals surface area contributed by atoms with Crippen molar-refractivity contribution in [3.05, 3.63) is 20.8 Å². The molecule has 98 valence electrons. The summed E-state index contributed by atoms with van der Waals surface area (Å²) >= 11 is 5.34. The van der Waals surface area contributed by atoms with Gasteiger partial charge in [-0.2, -0.15) is 0 Å². The topological polar surface area (TPSA) is 21.3 Å². The van der Waals surface area contributed by atoms with Crippen molar-refractivity contribution in [3.63, 3.8) is 0 Å². The Labute approximate surface area is 117 Å². The minimum Gasteiger partial charge on any atom is -0.380 e. The number of rotatable bonds is 8. The molecule has 0 fully saturated rings. The maximum absolute atomic E-state index is 5.57. The summed E-state index contributed by atoms with van der Waals surface area (Å²) in [6, 6.07) is 2.48. The monoisotopic (exact) mass is 319 g/mol. The van der Waals surface area contributed by atoms with Crippen LogP contribution >= 0.6 is 27.3 Å². The lowest BCUT2D eigenvalue weighted by Gasteiger charge is -2.13. The van der Waals surface area contributed by atoms with E-state index in [1.165, 1.54) is 9.35 Å². The second-order valence-electron chi connectivity index (χ2n) is 4.60. The fourth-order valence-corrected chi connectivity index (χ4v) is 3.23.